The molecular weight excluding hydrogens is 208 g/mol. The molecule has 62 valence electrons. The number of hydrogen-bond donors (Lipinski definition) is 1. The van der Waals surface area contributed by atoms with Crippen LogP contribution in [-0.4, -0.2) is 22.8 Å². The second kappa shape index (κ2) is 2.63. The predicted octanol–water partition coefficient (Wildman–Crippen LogP) is 0.458. The molecule has 8 heteroatoms. The first-order valence-corrected chi connectivity index (χ1v) is 5.09. The molecule has 1 heterocycles. The Morgan fingerprint density at radius 3 is 2.45 bits per heavy atom. The van der Waals surface area contributed by atoms with Crippen LogP contribution in [0.25, 0.3) is 0 Å². The highest BCUT2D eigenvalue weighted by molar-refractivity contribution is 7.88. The summed E-state index contributed by atoms with van der Waals surface area (Å²) in [4.78, 5) is 0. The summed E-state index contributed by atoms with van der Waals surface area (Å²) in [5.41, 5.74) is 0. The topological polar surface area (TPSA) is 72.2 Å². The molecule has 1 rings (SSSR count). The average Bonchev–Trinajstić information content (AvgIpc) is 2.11. The minimum Gasteiger partial charge on any atom is -0.280 e. The maximum absolute atomic E-state index is 10.4. The summed E-state index contributed by atoms with van der Waals surface area (Å²) in [6, 6.07) is 0. The van der Waals surface area contributed by atoms with E-state index in [9.17, 15) is 8.42 Å². The molecule has 0 amide bonds. The monoisotopic (exact) mass is 212 g/mol. The molecule has 0 atom stereocenters. The summed E-state index contributed by atoms with van der Waals surface area (Å²) < 4.78 is 30.5. The fourth-order valence-corrected chi connectivity index (χ4v) is 2.23. The molecule has 0 aliphatic carbocycles. The van der Waals surface area contributed by atoms with Crippen LogP contribution in [0.4, 0.5) is 0 Å². The molecule has 0 spiro atoms. The van der Waals surface area contributed by atoms with Gasteiger partial charge in [0.25, 0.3) is 4.34 Å². The van der Waals surface area contributed by atoms with Gasteiger partial charge in [-0.3, -0.25) is 4.55 Å². The van der Waals surface area contributed by atoms with Crippen molar-refractivity contribution in [2.24, 2.45) is 7.05 Å². The van der Waals surface area contributed by atoms with E-state index >= 15 is 0 Å². The lowest BCUT2D eigenvalue weighted by Crippen LogP contribution is -1.99. The van der Waals surface area contributed by atoms with Gasteiger partial charge in [-0.2, -0.15) is 8.42 Å². The van der Waals surface area contributed by atoms with Crippen LogP contribution in [0.2, 0.25) is 0 Å². The van der Waals surface area contributed by atoms with E-state index in [1.807, 2.05) is 0 Å². The SMILES string of the molecule is Cn1nc(S(=O)(=O)O)sc1=S. The van der Waals surface area contributed by atoms with Crippen LogP contribution in [-0.2, 0) is 17.2 Å². The van der Waals surface area contributed by atoms with E-state index in [2.05, 4.69) is 17.3 Å². The fraction of sp³-hybridized carbons (Fsp3) is 0.333. The van der Waals surface area contributed by atoms with Crippen molar-refractivity contribution in [2.45, 2.75) is 4.34 Å². The Bertz CT molecular complexity index is 413. The van der Waals surface area contributed by atoms with E-state index in [1.165, 1.54) is 11.7 Å². The Morgan fingerprint density at radius 2 is 2.27 bits per heavy atom. The minimum absolute atomic E-state index is 0.303. The molecule has 0 fully saturated rings. The van der Waals surface area contributed by atoms with Crippen molar-refractivity contribution < 1.29 is 13.0 Å². The van der Waals surface area contributed by atoms with Crippen LogP contribution in [0, 0.1) is 3.95 Å². The van der Waals surface area contributed by atoms with Gasteiger partial charge in [0.1, 0.15) is 0 Å². The zero-order chi connectivity index (χ0) is 8.65. The van der Waals surface area contributed by atoms with Gasteiger partial charge in [-0.25, -0.2) is 4.68 Å². The number of aryl methyl sites for hydroxylation is 1. The minimum atomic E-state index is -4.18. The predicted molar refractivity (Wildman–Crippen MR) is 41.7 cm³/mol. The van der Waals surface area contributed by atoms with Crippen molar-refractivity contribution in [1.82, 2.24) is 9.78 Å². The first-order chi connectivity index (χ1) is 4.91. The lowest BCUT2D eigenvalue weighted by molar-refractivity contribution is 0.479. The molecule has 1 N–H and O–H groups in total. The Balaban J connectivity index is 3.41. The van der Waals surface area contributed by atoms with E-state index in [4.69, 9.17) is 4.55 Å². The Kier molecular flexibility index (Phi) is 2.10. The van der Waals surface area contributed by atoms with Crippen LogP contribution in [0.15, 0.2) is 4.34 Å². The lowest BCUT2D eigenvalue weighted by atomic mass is 11.3. The molecule has 0 aliphatic rings. The maximum Gasteiger partial charge on any atom is 0.323 e. The third-order valence-corrected chi connectivity index (χ3v) is 3.51. The first-order valence-electron chi connectivity index (χ1n) is 2.43. The van der Waals surface area contributed by atoms with Crippen LogP contribution in [0.5, 0.6) is 0 Å². The average molecular weight is 212 g/mol. The summed E-state index contributed by atoms with van der Waals surface area (Å²) in [5, 5.41) is 3.47. The molecule has 0 aliphatic heterocycles. The molecule has 0 radical (unpaired) electrons. The smallest absolute Gasteiger partial charge is 0.280 e. The quantitative estimate of drug-likeness (QED) is 0.541. The zero-order valence-corrected chi connectivity index (χ0v) is 7.83. The summed E-state index contributed by atoms with van der Waals surface area (Å²) in [5.74, 6) is 0. The van der Waals surface area contributed by atoms with Crippen LogP contribution >= 0.6 is 23.6 Å². The van der Waals surface area contributed by atoms with E-state index in [-0.39, 0.29) is 4.34 Å². The number of aromatic nitrogens is 2. The largest absolute Gasteiger partial charge is 0.323 e. The molecule has 1 aromatic heterocycles. The van der Waals surface area contributed by atoms with Crippen molar-refractivity contribution in [3.05, 3.63) is 3.95 Å². The second-order valence-electron chi connectivity index (χ2n) is 1.73. The van der Waals surface area contributed by atoms with E-state index in [1.54, 1.807) is 0 Å². The number of rotatable bonds is 1. The molecule has 1 aromatic rings. The summed E-state index contributed by atoms with van der Waals surface area (Å²) >= 11 is 5.44. The molecule has 0 saturated carbocycles. The van der Waals surface area contributed by atoms with Gasteiger partial charge in [-0.1, -0.05) is 11.3 Å². The van der Waals surface area contributed by atoms with Crippen LogP contribution in [0.3, 0.4) is 0 Å². The third kappa shape index (κ3) is 1.83. The first kappa shape index (κ1) is 8.78. The molecule has 5 nitrogen and oxygen atoms in total. The molecule has 0 aromatic carbocycles. The van der Waals surface area contributed by atoms with Crippen molar-refractivity contribution >= 4 is 33.7 Å². The van der Waals surface area contributed by atoms with Gasteiger partial charge in [-0.15, -0.1) is 5.10 Å². The van der Waals surface area contributed by atoms with Crippen LogP contribution < -0.4 is 0 Å². The number of hydrogen-bond acceptors (Lipinski definition) is 5. The highest BCUT2D eigenvalue weighted by Crippen LogP contribution is 2.12. The number of nitrogens with zero attached hydrogens (tertiary/aromatic N) is 2. The summed E-state index contributed by atoms with van der Waals surface area (Å²) in [6.07, 6.45) is 0. The van der Waals surface area contributed by atoms with Crippen LogP contribution in [0.1, 0.15) is 0 Å². The van der Waals surface area contributed by atoms with Gasteiger partial charge in [0.05, 0.1) is 0 Å². The molecule has 0 saturated heterocycles. The van der Waals surface area contributed by atoms with Crippen molar-refractivity contribution in [3.8, 4) is 0 Å². The van der Waals surface area contributed by atoms with E-state index in [0.29, 0.717) is 3.95 Å². The Hall–Kier alpha value is -0.310. The van der Waals surface area contributed by atoms with Gasteiger partial charge in [-0.05, 0) is 12.2 Å². The van der Waals surface area contributed by atoms with Crippen molar-refractivity contribution in [1.29, 1.82) is 0 Å². The van der Waals surface area contributed by atoms with Gasteiger partial charge < -0.3 is 0 Å². The van der Waals surface area contributed by atoms with Gasteiger partial charge in [0, 0.05) is 7.05 Å². The normalized spacial score (nSPS) is 11.8. The van der Waals surface area contributed by atoms with Gasteiger partial charge in [0.2, 0.25) is 0 Å². The third-order valence-electron chi connectivity index (χ3n) is 0.891. The fourth-order valence-electron chi connectivity index (χ4n) is 0.429. The lowest BCUT2D eigenvalue weighted by Gasteiger charge is -1.84. The maximum atomic E-state index is 10.4. The van der Waals surface area contributed by atoms with E-state index in [0.717, 1.165) is 11.3 Å². The molecule has 0 unspecified atom stereocenters. The molecular formula is C3H4N2O3S3. The summed E-state index contributed by atoms with van der Waals surface area (Å²) in [7, 11) is -2.68. The zero-order valence-electron chi connectivity index (χ0n) is 5.38. The highest BCUT2D eigenvalue weighted by atomic mass is 32.3. The highest BCUT2D eigenvalue weighted by Gasteiger charge is 2.14. The Morgan fingerprint density at radius 1 is 1.73 bits per heavy atom. The molecule has 11 heavy (non-hydrogen) atoms. The second-order valence-corrected chi connectivity index (χ2v) is 4.95. The van der Waals surface area contributed by atoms with Gasteiger partial charge in [0.15, 0.2) is 3.95 Å². The van der Waals surface area contributed by atoms with Crippen molar-refractivity contribution in [2.75, 3.05) is 0 Å². The molecule has 0 bridgehead atoms. The van der Waals surface area contributed by atoms with Crippen molar-refractivity contribution in [3.63, 3.8) is 0 Å². The van der Waals surface area contributed by atoms with E-state index < -0.39 is 10.1 Å². The van der Waals surface area contributed by atoms with Gasteiger partial charge >= 0.3 is 10.1 Å². The standard InChI is InChI=1S/C3H4N2O3S3/c1-5-3(9)10-2(4-5)11(6,7)8/h1H3,(H,6,7,8). The summed E-state index contributed by atoms with van der Waals surface area (Å²) in [6.45, 7) is 0. The Labute approximate surface area is 72.0 Å².